The first-order valence-corrected chi connectivity index (χ1v) is 7.40. The van der Waals surface area contributed by atoms with Crippen LogP contribution in [0, 0.1) is 0 Å². The molecule has 0 saturated carbocycles. The monoisotopic (exact) mass is 280 g/mol. The molecule has 0 spiro atoms. The maximum atomic E-state index is 11.3. The van der Waals surface area contributed by atoms with E-state index in [0.29, 0.717) is 0 Å². The lowest BCUT2D eigenvalue weighted by molar-refractivity contribution is -0.144. The second-order valence-electron chi connectivity index (χ2n) is 3.72. The van der Waals surface area contributed by atoms with Gasteiger partial charge in [-0.2, -0.15) is 0 Å². The van der Waals surface area contributed by atoms with Crippen molar-refractivity contribution in [2.24, 2.45) is 0 Å². The maximum absolute atomic E-state index is 11.3. The van der Waals surface area contributed by atoms with Gasteiger partial charge >= 0.3 is 5.97 Å². The number of hydrogen-bond acceptors (Lipinski definition) is 6. The fourth-order valence-electron chi connectivity index (χ4n) is 1.20. The highest BCUT2D eigenvalue weighted by atomic mass is 32.2. The summed E-state index contributed by atoms with van der Waals surface area (Å²) in [7, 11) is -1.81. The van der Waals surface area contributed by atoms with Gasteiger partial charge in [0.05, 0.1) is 12.9 Å². The van der Waals surface area contributed by atoms with Crippen LogP contribution in [-0.4, -0.2) is 58.0 Å². The average Bonchev–Trinajstić information content (AvgIpc) is 2.31. The smallest absolute Gasteiger partial charge is 0.329 e. The minimum absolute atomic E-state index is 0.00252. The third kappa shape index (κ3) is 7.23. The van der Waals surface area contributed by atoms with Crippen molar-refractivity contribution in [1.82, 2.24) is 10.6 Å². The van der Waals surface area contributed by atoms with Crippen LogP contribution in [0.1, 0.15) is 13.8 Å². The van der Waals surface area contributed by atoms with E-state index in [0.717, 1.165) is 0 Å². The molecule has 0 fully saturated rings. The Morgan fingerprint density at radius 1 is 1.33 bits per heavy atom. The molecule has 1 unspecified atom stereocenters. The molecule has 0 saturated heterocycles. The zero-order valence-electron chi connectivity index (χ0n) is 10.9. The molecule has 8 heteroatoms. The van der Waals surface area contributed by atoms with Gasteiger partial charge in [-0.15, -0.1) is 0 Å². The van der Waals surface area contributed by atoms with Crippen molar-refractivity contribution < 1.29 is 22.7 Å². The summed E-state index contributed by atoms with van der Waals surface area (Å²) in [5.41, 5.74) is 0. The number of esters is 1. The molecule has 106 valence electrons. The van der Waals surface area contributed by atoms with Gasteiger partial charge in [-0.3, -0.25) is 4.79 Å². The molecule has 0 radical (unpaired) electrons. The number of sulfone groups is 1. The fourth-order valence-corrected chi connectivity index (χ4v) is 1.94. The van der Waals surface area contributed by atoms with Gasteiger partial charge in [0.15, 0.2) is 9.84 Å². The lowest BCUT2D eigenvalue weighted by Gasteiger charge is -2.15. The van der Waals surface area contributed by atoms with Crippen LogP contribution in [0.25, 0.3) is 0 Å². The Kier molecular flexibility index (Phi) is 7.53. The number of carbonyl (C=O) groups excluding carboxylic acids is 2. The molecule has 18 heavy (non-hydrogen) atoms. The van der Waals surface area contributed by atoms with Crippen molar-refractivity contribution in [2.45, 2.75) is 19.9 Å². The summed E-state index contributed by atoms with van der Waals surface area (Å²) < 4.78 is 26.9. The molecule has 0 aliphatic heterocycles. The zero-order chi connectivity index (χ0) is 14.2. The summed E-state index contributed by atoms with van der Waals surface area (Å²) in [6, 6.07) is -0.808. The predicted molar refractivity (Wildman–Crippen MR) is 66.8 cm³/mol. The third-order valence-electron chi connectivity index (χ3n) is 2.24. The zero-order valence-corrected chi connectivity index (χ0v) is 11.7. The molecular weight excluding hydrogens is 260 g/mol. The van der Waals surface area contributed by atoms with Crippen LogP contribution < -0.4 is 10.6 Å². The van der Waals surface area contributed by atoms with Crippen LogP contribution in [-0.2, 0) is 24.2 Å². The van der Waals surface area contributed by atoms with Crippen LogP contribution in [0.5, 0.6) is 0 Å². The van der Waals surface area contributed by atoms with Gasteiger partial charge in [0, 0.05) is 25.8 Å². The Labute approximate surface area is 107 Å². The van der Waals surface area contributed by atoms with E-state index in [4.69, 9.17) is 0 Å². The van der Waals surface area contributed by atoms with Crippen LogP contribution >= 0.6 is 0 Å². The molecule has 1 atom stereocenters. The van der Waals surface area contributed by atoms with E-state index < -0.39 is 21.8 Å². The molecule has 0 aromatic heterocycles. The minimum atomic E-state index is -3.03. The standard InChI is InChI=1S/C10H20N2O5S/c1-4-18(15,16)6-5-11-7-9(10(14)17-3)12-8(2)13/h9,11H,4-7H2,1-3H3,(H,12,13). The van der Waals surface area contributed by atoms with Crippen molar-refractivity contribution in [3.8, 4) is 0 Å². The lowest BCUT2D eigenvalue weighted by atomic mass is 10.3. The van der Waals surface area contributed by atoms with Gasteiger partial charge in [0.25, 0.3) is 0 Å². The molecule has 0 aromatic rings. The molecule has 0 aliphatic carbocycles. The van der Waals surface area contributed by atoms with E-state index in [1.54, 1.807) is 6.92 Å². The Morgan fingerprint density at radius 2 is 1.94 bits per heavy atom. The van der Waals surface area contributed by atoms with Crippen molar-refractivity contribution in [1.29, 1.82) is 0 Å². The number of nitrogens with one attached hydrogen (secondary N) is 2. The average molecular weight is 280 g/mol. The SMILES string of the molecule is CCS(=O)(=O)CCNCC(NC(C)=O)C(=O)OC. The second-order valence-corrected chi connectivity index (χ2v) is 6.19. The highest BCUT2D eigenvalue weighted by Gasteiger charge is 2.19. The summed E-state index contributed by atoms with van der Waals surface area (Å²) in [5, 5.41) is 5.22. The van der Waals surface area contributed by atoms with Gasteiger partial charge in [0.1, 0.15) is 6.04 Å². The third-order valence-corrected chi connectivity index (χ3v) is 3.95. The van der Waals surface area contributed by atoms with Crippen molar-refractivity contribution in [3.05, 3.63) is 0 Å². The molecule has 7 nitrogen and oxygen atoms in total. The van der Waals surface area contributed by atoms with E-state index in [1.807, 2.05) is 0 Å². The van der Waals surface area contributed by atoms with E-state index >= 15 is 0 Å². The molecule has 0 aromatic carbocycles. The largest absolute Gasteiger partial charge is 0.467 e. The van der Waals surface area contributed by atoms with Crippen molar-refractivity contribution in [2.75, 3.05) is 31.7 Å². The molecule has 1 amide bonds. The lowest BCUT2D eigenvalue weighted by Crippen LogP contribution is -2.47. The number of rotatable bonds is 8. The van der Waals surface area contributed by atoms with Gasteiger partial charge in [-0.1, -0.05) is 6.92 Å². The van der Waals surface area contributed by atoms with Gasteiger partial charge in [-0.05, 0) is 0 Å². The second kappa shape index (κ2) is 8.04. The molecular formula is C10H20N2O5S. The molecule has 0 aliphatic rings. The quantitative estimate of drug-likeness (QED) is 0.423. The molecule has 0 heterocycles. The first kappa shape index (κ1) is 16.9. The van der Waals surface area contributed by atoms with Gasteiger partial charge < -0.3 is 15.4 Å². The molecule has 0 rings (SSSR count). The summed E-state index contributed by atoms with van der Waals surface area (Å²) in [6.45, 7) is 3.22. The van der Waals surface area contributed by atoms with E-state index in [1.165, 1.54) is 14.0 Å². The van der Waals surface area contributed by atoms with Gasteiger partial charge in [0.2, 0.25) is 5.91 Å². The van der Waals surface area contributed by atoms with Crippen molar-refractivity contribution in [3.63, 3.8) is 0 Å². The van der Waals surface area contributed by atoms with Crippen molar-refractivity contribution >= 4 is 21.7 Å². The number of methoxy groups -OCH3 is 1. The summed E-state index contributed by atoms with van der Waals surface area (Å²) in [5.74, 6) is -0.845. The predicted octanol–water partition coefficient (Wildman–Crippen LogP) is -1.31. The van der Waals surface area contributed by atoms with Gasteiger partial charge in [-0.25, -0.2) is 13.2 Å². The normalized spacial score (nSPS) is 12.8. The van der Waals surface area contributed by atoms with E-state index in [9.17, 15) is 18.0 Å². The van der Waals surface area contributed by atoms with Crippen LogP contribution in [0.4, 0.5) is 0 Å². The molecule has 2 N–H and O–H groups in total. The van der Waals surface area contributed by atoms with Crippen LogP contribution in [0.3, 0.4) is 0 Å². The first-order chi connectivity index (χ1) is 8.32. The highest BCUT2D eigenvalue weighted by molar-refractivity contribution is 7.91. The summed E-state index contributed by atoms with van der Waals surface area (Å²) >= 11 is 0. The van der Waals surface area contributed by atoms with Crippen LogP contribution in [0.15, 0.2) is 0 Å². The Bertz CT molecular complexity index is 380. The first-order valence-electron chi connectivity index (χ1n) is 5.58. The van der Waals surface area contributed by atoms with Crippen LogP contribution in [0.2, 0.25) is 0 Å². The fraction of sp³-hybridized carbons (Fsp3) is 0.800. The summed E-state index contributed by atoms with van der Waals surface area (Å²) in [4.78, 5) is 22.2. The molecule has 0 bridgehead atoms. The summed E-state index contributed by atoms with van der Waals surface area (Å²) in [6.07, 6.45) is 0. The number of carbonyl (C=O) groups is 2. The number of amides is 1. The Morgan fingerprint density at radius 3 is 2.39 bits per heavy atom. The van der Waals surface area contributed by atoms with E-state index in [-0.39, 0.29) is 30.5 Å². The number of hydrogen-bond donors (Lipinski definition) is 2. The Hall–Kier alpha value is -1.15. The topological polar surface area (TPSA) is 102 Å². The number of ether oxygens (including phenoxy) is 1. The maximum Gasteiger partial charge on any atom is 0.329 e. The Balaban J connectivity index is 4.12. The highest BCUT2D eigenvalue weighted by Crippen LogP contribution is 1.89. The van der Waals surface area contributed by atoms with E-state index in [2.05, 4.69) is 15.4 Å². The minimum Gasteiger partial charge on any atom is -0.467 e.